The average Bonchev–Trinajstić information content (AvgIpc) is 1.99. The summed E-state index contributed by atoms with van der Waals surface area (Å²) < 4.78 is 5.40. The highest BCUT2D eigenvalue weighted by Crippen LogP contribution is 2.25. The first-order chi connectivity index (χ1) is 6.72. The van der Waals surface area contributed by atoms with Crippen LogP contribution in [0.5, 0.6) is 0 Å². The van der Waals surface area contributed by atoms with Crippen molar-refractivity contribution in [1.82, 2.24) is 4.90 Å². The molecule has 0 spiro atoms. The van der Waals surface area contributed by atoms with Gasteiger partial charge in [0.25, 0.3) is 0 Å². The molecule has 0 aromatic heterocycles. The molecule has 88 valence electrons. The Kier molecular flexibility index (Phi) is 3.44. The van der Waals surface area contributed by atoms with Crippen LogP contribution in [0, 0.1) is 5.41 Å². The predicted octanol–water partition coefficient (Wildman–Crippen LogP) is 2.06. The summed E-state index contributed by atoms with van der Waals surface area (Å²) in [6.45, 7) is 12.4. The summed E-state index contributed by atoms with van der Waals surface area (Å²) >= 11 is 0. The zero-order chi connectivity index (χ0) is 11.7. The maximum atomic E-state index is 12.1. The predicted molar refractivity (Wildman–Crippen MR) is 60.7 cm³/mol. The van der Waals surface area contributed by atoms with Crippen molar-refractivity contribution >= 4 is 5.91 Å². The van der Waals surface area contributed by atoms with Gasteiger partial charge in [-0.3, -0.25) is 4.79 Å². The van der Waals surface area contributed by atoms with Gasteiger partial charge < -0.3 is 9.64 Å². The van der Waals surface area contributed by atoms with Crippen LogP contribution in [0.2, 0.25) is 0 Å². The van der Waals surface area contributed by atoms with Gasteiger partial charge in [0, 0.05) is 13.0 Å². The molecule has 0 aliphatic carbocycles. The van der Waals surface area contributed by atoms with Crippen LogP contribution in [-0.2, 0) is 9.53 Å². The van der Waals surface area contributed by atoms with E-state index in [2.05, 4.69) is 34.6 Å². The number of rotatable bonds is 1. The van der Waals surface area contributed by atoms with Crippen molar-refractivity contribution in [2.45, 2.75) is 46.6 Å². The molecule has 0 saturated carbocycles. The Morgan fingerprint density at radius 2 is 2.00 bits per heavy atom. The Balaban J connectivity index is 2.65. The Labute approximate surface area is 92.8 Å². The first-order valence-electron chi connectivity index (χ1n) is 5.61. The second-order valence-electron chi connectivity index (χ2n) is 6.15. The highest BCUT2D eigenvalue weighted by atomic mass is 16.5. The van der Waals surface area contributed by atoms with Gasteiger partial charge in [-0.2, -0.15) is 0 Å². The minimum absolute atomic E-state index is 0.0610. The van der Waals surface area contributed by atoms with Crippen LogP contribution in [0.15, 0.2) is 0 Å². The van der Waals surface area contributed by atoms with E-state index in [9.17, 15) is 4.79 Å². The van der Waals surface area contributed by atoms with Crippen molar-refractivity contribution in [2.24, 2.45) is 5.41 Å². The van der Waals surface area contributed by atoms with Crippen LogP contribution in [0.3, 0.4) is 0 Å². The number of morpholine rings is 1. The molecule has 0 N–H and O–H groups in total. The summed E-state index contributed by atoms with van der Waals surface area (Å²) in [5.74, 6) is 0.246. The highest BCUT2D eigenvalue weighted by molar-refractivity contribution is 5.77. The largest absolute Gasteiger partial charge is 0.377 e. The Bertz CT molecular complexity index is 240. The van der Waals surface area contributed by atoms with Crippen molar-refractivity contribution < 1.29 is 9.53 Å². The van der Waals surface area contributed by atoms with Crippen molar-refractivity contribution in [2.75, 3.05) is 19.8 Å². The van der Waals surface area contributed by atoms with Gasteiger partial charge in [-0.05, 0) is 19.3 Å². The summed E-state index contributed by atoms with van der Waals surface area (Å²) in [5, 5.41) is 0. The van der Waals surface area contributed by atoms with Crippen molar-refractivity contribution in [3.8, 4) is 0 Å². The van der Waals surface area contributed by atoms with Crippen LogP contribution in [-0.4, -0.2) is 36.1 Å². The van der Waals surface area contributed by atoms with E-state index < -0.39 is 0 Å². The lowest BCUT2D eigenvalue weighted by Crippen LogP contribution is -2.56. The Morgan fingerprint density at radius 1 is 1.40 bits per heavy atom. The molecule has 1 aliphatic heterocycles. The molecular formula is C12H23NO2. The third-order valence-corrected chi connectivity index (χ3v) is 2.63. The maximum absolute atomic E-state index is 12.1. The van der Waals surface area contributed by atoms with Gasteiger partial charge in [-0.15, -0.1) is 0 Å². The third kappa shape index (κ3) is 3.49. The number of carbonyl (C=O) groups is 1. The molecule has 1 fully saturated rings. The first kappa shape index (κ1) is 12.5. The molecule has 15 heavy (non-hydrogen) atoms. The number of carbonyl (C=O) groups excluding carboxylic acids is 1. The molecule has 3 nitrogen and oxygen atoms in total. The van der Waals surface area contributed by atoms with E-state index >= 15 is 0 Å². The molecule has 1 heterocycles. The molecule has 0 bridgehead atoms. The fraction of sp³-hybridized carbons (Fsp3) is 0.917. The zero-order valence-corrected chi connectivity index (χ0v) is 10.6. The lowest BCUT2D eigenvalue weighted by atomic mass is 9.90. The van der Waals surface area contributed by atoms with Crippen LogP contribution in [0.1, 0.15) is 41.0 Å². The second kappa shape index (κ2) is 4.12. The number of hydrogen-bond acceptors (Lipinski definition) is 2. The summed E-state index contributed by atoms with van der Waals surface area (Å²) in [6.07, 6.45) is 0.608. The van der Waals surface area contributed by atoms with E-state index in [1.807, 2.05) is 4.90 Å². The first-order valence-corrected chi connectivity index (χ1v) is 5.61. The van der Waals surface area contributed by atoms with Crippen molar-refractivity contribution in [1.29, 1.82) is 0 Å². The van der Waals surface area contributed by atoms with E-state index in [1.54, 1.807) is 0 Å². The van der Waals surface area contributed by atoms with E-state index in [-0.39, 0.29) is 16.9 Å². The minimum atomic E-state index is -0.152. The minimum Gasteiger partial charge on any atom is -0.377 e. The summed E-state index contributed by atoms with van der Waals surface area (Å²) in [4.78, 5) is 14.1. The van der Waals surface area contributed by atoms with Crippen molar-refractivity contribution in [3.05, 3.63) is 0 Å². The van der Waals surface area contributed by atoms with Crippen LogP contribution in [0.25, 0.3) is 0 Å². The van der Waals surface area contributed by atoms with Gasteiger partial charge in [0.05, 0.1) is 18.8 Å². The smallest absolute Gasteiger partial charge is 0.223 e. The Hall–Kier alpha value is -0.570. The van der Waals surface area contributed by atoms with Gasteiger partial charge in [0.1, 0.15) is 0 Å². The van der Waals surface area contributed by atoms with Gasteiger partial charge in [-0.1, -0.05) is 20.8 Å². The van der Waals surface area contributed by atoms with Crippen LogP contribution < -0.4 is 0 Å². The molecule has 0 aromatic rings. The summed E-state index contributed by atoms with van der Waals surface area (Å²) in [5.41, 5.74) is -0.0912. The molecule has 1 rings (SSSR count). The number of amides is 1. The molecule has 0 radical (unpaired) electrons. The molecule has 0 atom stereocenters. The van der Waals surface area contributed by atoms with Crippen molar-refractivity contribution in [3.63, 3.8) is 0 Å². The maximum Gasteiger partial charge on any atom is 0.223 e. The molecule has 0 unspecified atom stereocenters. The van der Waals surface area contributed by atoms with Gasteiger partial charge in [0.15, 0.2) is 0 Å². The van der Waals surface area contributed by atoms with Gasteiger partial charge in [-0.25, -0.2) is 0 Å². The molecule has 1 amide bonds. The molecule has 3 heteroatoms. The number of hydrogen-bond donors (Lipinski definition) is 0. The van der Waals surface area contributed by atoms with E-state index in [4.69, 9.17) is 4.74 Å². The lowest BCUT2D eigenvalue weighted by Gasteiger charge is -2.43. The van der Waals surface area contributed by atoms with E-state index in [1.165, 1.54) is 0 Å². The average molecular weight is 213 g/mol. The molecule has 0 aromatic carbocycles. The third-order valence-electron chi connectivity index (χ3n) is 2.63. The van der Waals surface area contributed by atoms with E-state index in [0.29, 0.717) is 19.6 Å². The zero-order valence-electron chi connectivity index (χ0n) is 10.6. The lowest BCUT2D eigenvalue weighted by molar-refractivity contribution is -0.148. The fourth-order valence-corrected chi connectivity index (χ4v) is 1.87. The normalized spacial score (nSPS) is 21.5. The fourth-order valence-electron chi connectivity index (χ4n) is 1.87. The highest BCUT2D eigenvalue weighted by Gasteiger charge is 2.35. The standard InChI is InChI=1S/C12H23NO2/c1-11(2,3)8-10(14)13-6-7-15-9-12(13,4)5/h6-9H2,1-5H3. The monoisotopic (exact) mass is 213 g/mol. The number of ether oxygens (including phenoxy) is 1. The quantitative estimate of drug-likeness (QED) is 0.667. The molecular weight excluding hydrogens is 190 g/mol. The topological polar surface area (TPSA) is 29.5 Å². The van der Waals surface area contributed by atoms with Crippen LogP contribution >= 0.6 is 0 Å². The van der Waals surface area contributed by atoms with Gasteiger partial charge in [0.2, 0.25) is 5.91 Å². The SMILES string of the molecule is CC(C)(C)CC(=O)N1CCOCC1(C)C. The Morgan fingerprint density at radius 3 is 2.47 bits per heavy atom. The molecule has 1 aliphatic rings. The van der Waals surface area contributed by atoms with E-state index in [0.717, 1.165) is 6.54 Å². The molecule has 1 saturated heterocycles. The summed E-state index contributed by atoms with van der Waals surface area (Å²) in [7, 11) is 0. The summed E-state index contributed by atoms with van der Waals surface area (Å²) in [6, 6.07) is 0. The number of nitrogens with zero attached hydrogens (tertiary/aromatic N) is 1. The second-order valence-corrected chi connectivity index (χ2v) is 6.15. The van der Waals surface area contributed by atoms with Gasteiger partial charge >= 0.3 is 0 Å². The van der Waals surface area contributed by atoms with Crippen LogP contribution in [0.4, 0.5) is 0 Å².